The maximum Gasteiger partial charge on any atom is 0.237 e. The lowest BCUT2D eigenvalue weighted by Gasteiger charge is -2.10. The molecule has 1 aromatic heterocycles. The highest BCUT2D eigenvalue weighted by molar-refractivity contribution is 6.31. The molecular formula is C12H20ClN3O. The Morgan fingerprint density at radius 1 is 1.47 bits per heavy atom. The minimum Gasteiger partial charge on any atom is -0.476 e. The van der Waals surface area contributed by atoms with Crippen molar-refractivity contribution in [2.45, 2.75) is 33.6 Å². The summed E-state index contributed by atoms with van der Waals surface area (Å²) in [7, 11) is 0. The van der Waals surface area contributed by atoms with E-state index >= 15 is 0 Å². The molecule has 5 heteroatoms. The fraction of sp³-hybridized carbons (Fsp3) is 0.667. The van der Waals surface area contributed by atoms with Gasteiger partial charge in [0.25, 0.3) is 0 Å². The number of nitrogens with one attached hydrogen (secondary N) is 1. The van der Waals surface area contributed by atoms with Gasteiger partial charge in [-0.2, -0.15) is 4.98 Å². The highest BCUT2D eigenvalue weighted by Crippen LogP contribution is 2.22. The summed E-state index contributed by atoms with van der Waals surface area (Å²) < 4.78 is 5.55. The minimum atomic E-state index is 0.454. The van der Waals surface area contributed by atoms with Crippen LogP contribution in [0, 0.1) is 5.92 Å². The van der Waals surface area contributed by atoms with Crippen molar-refractivity contribution in [3.05, 3.63) is 11.2 Å². The molecular weight excluding hydrogens is 238 g/mol. The molecule has 0 aliphatic heterocycles. The molecule has 96 valence electrons. The van der Waals surface area contributed by atoms with Gasteiger partial charge in [0, 0.05) is 6.54 Å². The van der Waals surface area contributed by atoms with Crippen LogP contribution in [0.4, 0.5) is 5.95 Å². The van der Waals surface area contributed by atoms with Gasteiger partial charge >= 0.3 is 0 Å². The van der Waals surface area contributed by atoms with E-state index < -0.39 is 0 Å². The molecule has 1 heterocycles. The number of nitrogens with zero attached hydrogens (tertiary/aromatic N) is 2. The van der Waals surface area contributed by atoms with Crippen molar-refractivity contribution in [2.75, 3.05) is 18.5 Å². The van der Waals surface area contributed by atoms with Crippen LogP contribution in [0.5, 0.6) is 5.88 Å². The van der Waals surface area contributed by atoms with Crippen molar-refractivity contribution in [1.82, 2.24) is 9.97 Å². The minimum absolute atomic E-state index is 0.454. The molecule has 0 amide bonds. The molecule has 0 unspecified atom stereocenters. The summed E-state index contributed by atoms with van der Waals surface area (Å²) in [5.74, 6) is 1.63. The van der Waals surface area contributed by atoms with Crippen LogP contribution in [0.1, 0.15) is 33.6 Å². The summed E-state index contributed by atoms with van der Waals surface area (Å²) in [6.07, 6.45) is 3.57. The van der Waals surface area contributed by atoms with Gasteiger partial charge in [0.15, 0.2) is 0 Å². The van der Waals surface area contributed by atoms with E-state index in [0.717, 1.165) is 19.4 Å². The molecule has 17 heavy (non-hydrogen) atoms. The van der Waals surface area contributed by atoms with Crippen LogP contribution in [0.15, 0.2) is 6.20 Å². The maximum absolute atomic E-state index is 5.97. The predicted octanol–water partition coefficient (Wildman–Crippen LogP) is 3.38. The number of aromatic nitrogens is 2. The maximum atomic E-state index is 5.97. The van der Waals surface area contributed by atoms with E-state index in [4.69, 9.17) is 16.3 Å². The first-order valence-corrected chi connectivity index (χ1v) is 6.40. The summed E-state index contributed by atoms with van der Waals surface area (Å²) in [6, 6.07) is 0. The molecule has 1 N–H and O–H groups in total. The van der Waals surface area contributed by atoms with Crippen LogP contribution in [-0.4, -0.2) is 23.1 Å². The van der Waals surface area contributed by atoms with E-state index in [1.54, 1.807) is 6.20 Å². The number of hydrogen-bond donors (Lipinski definition) is 1. The standard InChI is InChI=1S/C12H20ClN3O/c1-4-6-14-12-15-8-10(13)11(16-12)17-7-5-9(2)3/h8-9H,4-7H2,1-3H3,(H,14,15,16). The Bertz CT molecular complexity index is 345. The van der Waals surface area contributed by atoms with Gasteiger partial charge in [0.1, 0.15) is 5.02 Å². The molecule has 0 aromatic carbocycles. The fourth-order valence-electron chi connectivity index (χ4n) is 1.17. The normalized spacial score (nSPS) is 10.6. The lowest BCUT2D eigenvalue weighted by molar-refractivity contribution is 0.279. The van der Waals surface area contributed by atoms with Crippen LogP contribution in [0.3, 0.4) is 0 Å². The Morgan fingerprint density at radius 3 is 2.88 bits per heavy atom. The highest BCUT2D eigenvalue weighted by Gasteiger charge is 2.06. The van der Waals surface area contributed by atoms with E-state index in [1.807, 2.05) is 0 Å². The third kappa shape index (κ3) is 5.22. The fourth-order valence-corrected chi connectivity index (χ4v) is 1.31. The molecule has 1 aromatic rings. The molecule has 0 saturated heterocycles. The van der Waals surface area contributed by atoms with Gasteiger partial charge < -0.3 is 10.1 Å². The second-order valence-electron chi connectivity index (χ2n) is 4.30. The summed E-state index contributed by atoms with van der Waals surface area (Å²) >= 11 is 5.97. The first-order chi connectivity index (χ1) is 8.13. The topological polar surface area (TPSA) is 47.0 Å². The van der Waals surface area contributed by atoms with E-state index in [9.17, 15) is 0 Å². The molecule has 0 radical (unpaired) electrons. The average Bonchev–Trinajstić information content (AvgIpc) is 2.29. The predicted molar refractivity (Wildman–Crippen MR) is 70.8 cm³/mol. The van der Waals surface area contributed by atoms with E-state index in [0.29, 0.717) is 29.4 Å². The lowest BCUT2D eigenvalue weighted by Crippen LogP contribution is -2.07. The van der Waals surface area contributed by atoms with Crippen molar-refractivity contribution in [2.24, 2.45) is 5.92 Å². The van der Waals surface area contributed by atoms with Gasteiger partial charge in [-0.3, -0.25) is 0 Å². The Morgan fingerprint density at radius 2 is 2.24 bits per heavy atom. The molecule has 0 fully saturated rings. The van der Waals surface area contributed by atoms with Crippen LogP contribution in [0.25, 0.3) is 0 Å². The lowest BCUT2D eigenvalue weighted by atomic mass is 10.1. The van der Waals surface area contributed by atoms with E-state index in [1.165, 1.54) is 0 Å². The first-order valence-electron chi connectivity index (χ1n) is 6.02. The van der Waals surface area contributed by atoms with Crippen LogP contribution >= 0.6 is 11.6 Å². The molecule has 4 nitrogen and oxygen atoms in total. The smallest absolute Gasteiger partial charge is 0.237 e. The third-order valence-electron chi connectivity index (χ3n) is 2.18. The molecule has 0 saturated carbocycles. The van der Waals surface area contributed by atoms with Gasteiger partial charge in [-0.25, -0.2) is 4.98 Å². The second kappa shape index (κ2) is 7.33. The van der Waals surface area contributed by atoms with Crippen molar-refractivity contribution < 1.29 is 4.74 Å². The average molecular weight is 258 g/mol. The highest BCUT2D eigenvalue weighted by atomic mass is 35.5. The van der Waals surface area contributed by atoms with Crippen molar-refractivity contribution >= 4 is 17.5 Å². The van der Waals surface area contributed by atoms with Crippen molar-refractivity contribution in [1.29, 1.82) is 0 Å². The van der Waals surface area contributed by atoms with Crippen molar-refractivity contribution in [3.8, 4) is 5.88 Å². The Balaban J connectivity index is 2.56. The quantitative estimate of drug-likeness (QED) is 0.814. The van der Waals surface area contributed by atoms with Gasteiger partial charge in [0.2, 0.25) is 11.8 Å². The number of hydrogen-bond acceptors (Lipinski definition) is 4. The van der Waals surface area contributed by atoms with Crippen LogP contribution in [0.2, 0.25) is 5.02 Å². The molecule has 0 aliphatic rings. The Labute approximate surface area is 108 Å². The number of ether oxygens (including phenoxy) is 1. The molecule has 0 aliphatic carbocycles. The summed E-state index contributed by atoms with van der Waals surface area (Å²) in [5.41, 5.74) is 0. The SMILES string of the molecule is CCCNc1ncc(Cl)c(OCCC(C)C)n1. The second-order valence-corrected chi connectivity index (χ2v) is 4.71. The van der Waals surface area contributed by atoms with Crippen molar-refractivity contribution in [3.63, 3.8) is 0 Å². The zero-order chi connectivity index (χ0) is 12.7. The van der Waals surface area contributed by atoms with Crippen LogP contribution in [-0.2, 0) is 0 Å². The van der Waals surface area contributed by atoms with E-state index in [2.05, 4.69) is 36.1 Å². The molecule has 0 atom stereocenters. The van der Waals surface area contributed by atoms with Gasteiger partial charge in [-0.15, -0.1) is 0 Å². The number of anilines is 1. The summed E-state index contributed by atoms with van der Waals surface area (Å²) in [5, 5.41) is 3.55. The Hall–Kier alpha value is -1.03. The number of rotatable bonds is 7. The molecule has 1 rings (SSSR count). The monoisotopic (exact) mass is 257 g/mol. The largest absolute Gasteiger partial charge is 0.476 e. The first kappa shape index (κ1) is 14.0. The van der Waals surface area contributed by atoms with Gasteiger partial charge in [-0.05, 0) is 18.8 Å². The Kier molecular flexibility index (Phi) is 6.05. The number of halogens is 1. The molecule has 0 spiro atoms. The summed E-state index contributed by atoms with van der Waals surface area (Å²) in [6.45, 7) is 7.86. The zero-order valence-electron chi connectivity index (χ0n) is 10.7. The molecule has 0 bridgehead atoms. The van der Waals surface area contributed by atoms with Crippen LogP contribution < -0.4 is 10.1 Å². The van der Waals surface area contributed by atoms with Gasteiger partial charge in [0.05, 0.1) is 12.8 Å². The zero-order valence-corrected chi connectivity index (χ0v) is 11.4. The van der Waals surface area contributed by atoms with Gasteiger partial charge in [-0.1, -0.05) is 32.4 Å². The van der Waals surface area contributed by atoms with E-state index in [-0.39, 0.29) is 0 Å². The summed E-state index contributed by atoms with van der Waals surface area (Å²) in [4.78, 5) is 8.32. The third-order valence-corrected chi connectivity index (χ3v) is 2.44.